The molecule has 96 valence electrons. The van der Waals surface area contributed by atoms with Crippen molar-refractivity contribution in [1.29, 1.82) is 0 Å². The summed E-state index contributed by atoms with van der Waals surface area (Å²) < 4.78 is 5.74. The summed E-state index contributed by atoms with van der Waals surface area (Å²) in [6, 6.07) is 4.98. The van der Waals surface area contributed by atoms with Crippen LogP contribution in [-0.4, -0.2) is 29.3 Å². The van der Waals surface area contributed by atoms with Crippen LogP contribution in [0.2, 0.25) is 5.02 Å². The number of aromatic carboxylic acids is 1. The van der Waals surface area contributed by atoms with Crippen LogP contribution in [0.4, 0.5) is 5.69 Å². The number of anilines is 1. The van der Waals surface area contributed by atoms with Crippen molar-refractivity contribution in [1.82, 2.24) is 0 Å². The standard InChI is InChI=1S/C13H14ClNO3/c14-7-1-3-9(13(16)17)10(5-7)15-11-6-8-2-4-12(11)18-8/h1,3,5,8,11-12,15H,2,4,6H2,(H,16,17). The van der Waals surface area contributed by atoms with Crippen LogP contribution in [0, 0.1) is 0 Å². The Bertz CT molecular complexity index is 491. The van der Waals surface area contributed by atoms with Gasteiger partial charge in [0, 0.05) is 5.02 Å². The number of benzene rings is 1. The van der Waals surface area contributed by atoms with Gasteiger partial charge in [-0.1, -0.05) is 11.6 Å². The molecule has 4 nitrogen and oxygen atoms in total. The van der Waals surface area contributed by atoms with Crippen LogP contribution in [-0.2, 0) is 4.74 Å². The molecule has 0 aromatic heterocycles. The number of hydrogen-bond donors (Lipinski definition) is 2. The number of hydrogen-bond acceptors (Lipinski definition) is 3. The van der Waals surface area contributed by atoms with Gasteiger partial charge in [-0.25, -0.2) is 4.79 Å². The maximum atomic E-state index is 11.2. The molecular weight excluding hydrogens is 254 g/mol. The summed E-state index contributed by atoms with van der Waals surface area (Å²) in [6.07, 6.45) is 3.64. The molecule has 1 aromatic rings. The first-order chi connectivity index (χ1) is 8.63. The van der Waals surface area contributed by atoms with Crippen LogP contribution < -0.4 is 5.32 Å². The molecule has 2 N–H and O–H groups in total. The minimum absolute atomic E-state index is 0.195. The van der Waals surface area contributed by atoms with Crippen molar-refractivity contribution in [2.45, 2.75) is 37.5 Å². The zero-order valence-corrected chi connectivity index (χ0v) is 10.5. The maximum absolute atomic E-state index is 11.2. The number of nitrogens with one attached hydrogen (secondary N) is 1. The van der Waals surface area contributed by atoms with Crippen molar-refractivity contribution in [2.24, 2.45) is 0 Å². The van der Waals surface area contributed by atoms with E-state index in [1.165, 1.54) is 6.07 Å². The molecular formula is C13H14ClNO3. The smallest absolute Gasteiger partial charge is 0.337 e. The number of carbonyl (C=O) groups is 1. The molecule has 2 aliphatic heterocycles. The molecule has 2 heterocycles. The van der Waals surface area contributed by atoms with Crippen molar-refractivity contribution in [2.75, 3.05) is 5.32 Å². The predicted molar refractivity (Wildman–Crippen MR) is 68.3 cm³/mol. The molecule has 3 rings (SSSR count). The Hall–Kier alpha value is -1.26. The number of rotatable bonds is 3. The van der Waals surface area contributed by atoms with Gasteiger partial charge in [0.15, 0.2) is 0 Å². The van der Waals surface area contributed by atoms with E-state index in [0.717, 1.165) is 19.3 Å². The van der Waals surface area contributed by atoms with E-state index >= 15 is 0 Å². The number of carboxylic acid groups (broad SMARTS) is 1. The lowest BCUT2D eigenvalue weighted by atomic mass is 9.95. The Kier molecular flexibility index (Phi) is 2.92. The van der Waals surface area contributed by atoms with Crippen LogP contribution in [0.25, 0.3) is 0 Å². The molecule has 0 spiro atoms. The van der Waals surface area contributed by atoms with Crippen molar-refractivity contribution >= 4 is 23.3 Å². The highest BCUT2D eigenvalue weighted by molar-refractivity contribution is 6.31. The fourth-order valence-corrected chi connectivity index (χ4v) is 2.98. The fraction of sp³-hybridized carbons (Fsp3) is 0.462. The monoisotopic (exact) mass is 267 g/mol. The second kappa shape index (κ2) is 4.44. The van der Waals surface area contributed by atoms with Gasteiger partial charge in [0.05, 0.1) is 29.5 Å². The molecule has 18 heavy (non-hydrogen) atoms. The van der Waals surface area contributed by atoms with E-state index in [2.05, 4.69) is 5.32 Å². The average molecular weight is 268 g/mol. The molecule has 3 unspecified atom stereocenters. The van der Waals surface area contributed by atoms with Gasteiger partial charge in [0.25, 0.3) is 0 Å². The highest BCUT2D eigenvalue weighted by atomic mass is 35.5. The first-order valence-corrected chi connectivity index (χ1v) is 6.46. The molecule has 3 atom stereocenters. The van der Waals surface area contributed by atoms with Gasteiger partial charge in [-0.05, 0) is 37.5 Å². The lowest BCUT2D eigenvalue weighted by molar-refractivity contribution is 0.0697. The van der Waals surface area contributed by atoms with Crippen LogP contribution in [0.15, 0.2) is 18.2 Å². The Morgan fingerprint density at radius 3 is 2.89 bits per heavy atom. The summed E-state index contributed by atoms with van der Waals surface area (Å²) in [6.45, 7) is 0. The molecule has 0 aliphatic carbocycles. The van der Waals surface area contributed by atoms with Gasteiger partial charge in [-0.3, -0.25) is 0 Å². The molecule has 5 heteroatoms. The van der Waals surface area contributed by atoms with Crippen molar-refractivity contribution in [3.05, 3.63) is 28.8 Å². The molecule has 0 saturated carbocycles. The van der Waals surface area contributed by atoms with E-state index in [1.54, 1.807) is 12.1 Å². The summed E-state index contributed by atoms with van der Waals surface area (Å²) >= 11 is 5.92. The average Bonchev–Trinajstić information content (AvgIpc) is 2.90. The summed E-state index contributed by atoms with van der Waals surface area (Å²) in [5, 5.41) is 13.0. The second-order valence-corrected chi connectivity index (χ2v) is 5.29. The third-order valence-corrected chi connectivity index (χ3v) is 3.89. The second-order valence-electron chi connectivity index (χ2n) is 4.86. The normalized spacial score (nSPS) is 29.5. The zero-order chi connectivity index (χ0) is 12.7. The highest BCUT2D eigenvalue weighted by Crippen LogP contribution is 2.36. The Morgan fingerprint density at radius 2 is 2.28 bits per heavy atom. The summed E-state index contributed by atoms with van der Waals surface area (Å²) in [5.41, 5.74) is 0.832. The van der Waals surface area contributed by atoms with Crippen molar-refractivity contribution in [3.8, 4) is 0 Å². The van der Waals surface area contributed by atoms with Crippen molar-refractivity contribution in [3.63, 3.8) is 0 Å². The van der Waals surface area contributed by atoms with E-state index in [0.29, 0.717) is 16.8 Å². The van der Waals surface area contributed by atoms with Gasteiger partial charge in [-0.15, -0.1) is 0 Å². The molecule has 0 amide bonds. The lowest BCUT2D eigenvalue weighted by Crippen LogP contribution is -2.31. The minimum Gasteiger partial charge on any atom is -0.478 e. The SMILES string of the molecule is O=C(O)c1ccc(Cl)cc1NC1CC2CCC1O2. The first-order valence-electron chi connectivity index (χ1n) is 6.08. The fourth-order valence-electron chi connectivity index (χ4n) is 2.81. The van der Waals surface area contributed by atoms with E-state index in [9.17, 15) is 4.79 Å². The Labute approximate surface area is 110 Å². The Morgan fingerprint density at radius 1 is 1.44 bits per heavy atom. The summed E-state index contributed by atoms with van der Waals surface area (Å²) in [5.74, 6) is -0.946. The largest absolute Gasteiger partial charge is 0.478 e. The van der Waals surface area contributed by atoms with E-state index in [4.69, 9.17) is 21.4 Å². The predicted octanol–water partition coefficient (Wildman–Crippen LogP) is 2.77. The van der Waals surface area contributed by atoms with Crippen LogP contribution in [0.1, 0.15) is 29.6 Å². The van der Waals surface area contributed by atoms with E-state index in [1.807, 2.05) is 0 Å². The number of carboxylic acids is 1. The summed E-state index contributed by atoms with van der Waals surface area (Å²) in [7, 11) is 0. The van der Waals surface area contributed by atoms with Crippen LogP contribution >= 0.6 is 11.6 Å². The van der Waals surface area contributed by atoms with E-state index in [-0.39, 0.29) is 17.7 Å². The molecule has 2 aliphatic rings. The highest BCUT2D eigenvalue weighted by Gasteiger charge is 2.40. The summed E-state index contributed by atoms with van der Waals surface area (Å²) in [4.78, 5) is 11.2. The van der Waals surface area contributed by atoms with E-state index < -0.39 is 5.97 Å². The molecule has 1 aromatic carbocycles. The van der Waals surface area contributed by atoms with Crippen LogP contribution in [0.3, 0.4) is 0 Å². The van der Waals surface area contributed by atoms with Gasteiger partial charge in [-0.2, -0.15) is 0 Å². The molecule has 2 saturated heterocycles. The minimum atomic E-state index is -0.946. The third kappa shape index (κ3) is 2.06. The van der Waals surface area contributed by atoms with Gasteiger partial charge < -0.3 is 15.2 Å². The van der Waals surface area contributed by atoms with Crippen LogP contribution in [0.5, 0.6) is 0 Å². The molecule has 0 radical (unpaired) electrons. The number of halogens is 1. The molecule has 2 fully saturated rings. The third-order valence-electron chi connectivity index (χ3n) is 3.66. The topological polar surface area (TPSA) is 58.6 Å². The van der Waals surface area contributed by atoms with Gasteiger partial charge in [0.2, 0.25) is 0 Å². The lowest BCUT2D eigenvalue weighted by Gasteiger charge is -2.22. The molecule has 2 bridgehead atoms. The zero-order valence-electron chi connectivity index (χ0n) is 9.73. The number of ether oxygens (including phenoxy) is 1. The van der Waals surface area contributed by atoms with Crippen molar-refractivity contribution < 1.29 is 14.6 Å². The quantitative estimate of drug-likeness (QED) is 0.884. The van der Waals surface area contributed by atoms with Gasteiger partial charge >= 0.3 is 5.97 Å². The maximum Gasteiger partial charge on any atom is 0.337 e. The Balaban J connectivity index is 1.83. The first kappa shape index (κ1) is 11.8. The van der Waals surface area contributed by atoms with Gasteiger partial charge in [0.1, 0.15) is 0 Å². The number of fused-ring (bicyclic) bond motifs is 2.